The van der Waals surface area contributed by atoms with Gasteiger partial charge >= 0.3 is 0 Å². The molecule has 1 saturated heterocycles. The number of hydrogen-bond acceptors (Lipinski definition) is 2. The van der Waals surface area contributed by atoms with Gasteiger partial charge in [0.25, 0.3) is 0 Å². The summed E-state index contributed by atoms with van der Waals surface area (Å²) < 4.78 is 25.9. The van der Waals surface area contributed by atoms with E-state index in [1.165, 1.54) is 6.07 Å². The molecule has 2 rings (SSSR count). The maximum Gasteiger partial charge on any atom is 0.128 e. The Hall–Kier alpha value is -0.260. The first-order valence-corrected chi connectivity index (χ1v) is 8.40. The van der Waals surface area contributed by atoms with Crippen LogP contribution in [0.5, 0.6) is 0 Å². The summed E-state index contributed by atoms with van der Waals surface area (Å²) in [5.41, 5.74) is 0.677. The monoisotopic (exact) mass is 333 g/mol. The highest BCUT2D eigenvalue weighted by Gasteiger charge is 2.21. The third kappa shape index (κ3) is 3.62. The Bertz CT molecular complexity index is 445. The van der Waals surface area contributed by atoms with Gasteiger partial charge in [-0.05, 0) is 38.0 Å². The van der Waals surface area contributed by atoms with Crippen molar-refractivity contribution in [2.75, 3.05) is 11.5 Å². The van der Waals surface area contributed by atoms with Crippen LogP contribution in [-0.4, -0.2) is 21.8 Å². The van der Waals surface area contributed by atoms with E-state index in [0.29, 0.717) is 11.6 Å². The molecule has 0 aromatic heterocycles. The van der Waals surface area contributed by atoms with Crippen molar-refractivity contribution < 1.29 is 8.60 Å². The predicted molar refractivity (Wildman–Crippen MR) is 76.5 cm³/mol. The zero-order valence-electron chi connectivity index (χ0n) is 10.3. The molecule has 18 heavy (non-hydrogen) atoms. The number of hydrogen-bond donors (Lipinski definition) is 1. The Kier molecular flexibility index (Phi) is 4.92. The maximum atomic E-state index is 13.7. The minimum absolute atomic E-state index is 0.0287. The van der Waals surface area contributed by atoms with Gasteiger partial charge in [0, 0.05) is 44.4 Å². The van der Waals surface area contributed by atoms with Crippen molar-refractivity contribution in [3.05, 3.63) is 34.1 Å². The summed E-state index contributed by atoms with van der Waals surface area (Å²) in [4.78, 5) is 0. The quantitative estimate of drug-likeness (QED) is 0.920. The molecule has 5 heteroatoms. The predicted octanol–water partition coefficient (Wildman–Crippen LogP) is 3.15. The lowest BCUT2D eigenvalue weighted by Gasteiger charge is -2.26. The topological polar surface area (TPSA) is 29.1 Å². The average Bonchev–Trinajstić information content (AvgIpc) is 2.35. The van der Waals surface area contributed by atoms with E-state index in [-0.39, 0.29) is 11.9 Å². The highest BCUT2D eigenvalue weighted by atomic mass is 79.9. The molecular formula is C13H17BrFNOS. The second kappa shape index (κ2) is 6.26. The minimum atomic E-state index is -0.650. The molecule has 1 atom stereocenters. The number of rotatable bonds is 3. The second-order valence-corrected chi connectivity index (χ2v) is 7.29. The molecule has 100 valence electrons. The van der Waals surface area contributed by atoms with Crippen molar-refractivity contribution in [3.8, 4) is 0 Å². The maximum absolute atomic E-state index is 13.7. The van der Waals surface area contributed by atoms with Crippen molar-refractivity contribution in [2.45, 2.75) is 31.8 Å². The first kappa shape index (κ1) is 14.2. The summed E-state index contributed by atoms with van der Waals surface area (Å²) in [6.07, 6.45) is 1.82. The molecule has 1 aliphatic heterocycles. The molecule has 0 saturated carbocycles. The Morgan fingerprint density at radius 3 is 2.78 bits per heavy atom. The summed E-state index contributed by atoms with van der Waals surface area (Å²) in [6, 6.07) is 5.31. The molecule has 1 heterocycles. The van der Waals surface area contributed by atoms with Crippen molar-refractivity contribution in [3.63, 3.8) is 0 Å². The lowest BCUT2D eigenvalue weighted by molar-refractivity contribution is 0.417. The van der Waals surface area contributed by atoms with Crippen LogP contribution in [0.3, 0.4) is 0 Å². The molecule has 1 fully saturated rings. The number of benzene rings is 1. The molecule has 0 spiro atoms. The van der Waals surface area contributed by atoms with E-state index < -0.39 is 10.8 Å². The van der Waals surface area contributed by atoms with E-state index in [2.05, 4.69) is 21.2 Å². The summed E-state index contributed by atoms with van der Waals surface area (Å²) in [7, 11) is -0.650. The summed E-state index contributed by atoms with van der Waals surface area (Å²) in [5, 5.41) is 3.43. The Labute approximate surface area is 118 Å². The third-order valence-corrected chi connectivity index (χ3v) is 5.17. The third-order valence-electron chi connectivity index (χ3n) is 3.30. The fraction of sp³-hybridized carbons (Fsp3) is 0.538. The van der Waals surface area contributed by atoms with Crippen molar-refractivity contribution in [1.29, 1.82) is 0 Å². The van der Waals surface area contributed by atoms with E-state index in [4.69, 9.17) is 0 Å². The Balaban J connectivity index is 2.00. The van der Waals surface area contributed by atoms with Gasteiger partial charge in [-0.1, -0.05) is 15.9 Å². The van der Waals surface area contributed by atoms with Gasteiger partial charge in [0.1, 0.15) is 5.82 Å². The van der Waals surface area contributed by atoms with Crippen LogP contribution in [-0.2, 0) is 10.8 Å². The molecule has 0 radical (unpaired) electrons. The van der Waals surface area contributed by atoms with Crippen molar-refractivity contribution >= 4 is 26.7 Å². The smallest absolute Gasteiger partial charge is 0.128 e. The summed E-state index contributed by atoms with van der Waals surface area (Å²) in [5.74, 6) is 1.33. The molecule has 1 N–H and O–H groups in total. The summed E-state index contributed by atoms with van der Waals surface area (Å²) in [6.45, 7) is 1.97. The van der Waals surface area contributed by atoms with Crippen LogP contribution in [0.25, 0.3) is 0 Å². The van der Waals surface area contributed by atoms with Gasteiger partial charge in [-0.3, -0.25) is 4.21 Å². The van der Waals surface area contributed by atoms with Gasteiger partial charge in [0.15, 0.2) is 0 Å². The summed E-state index contributed by atoms with van der Waals surface area (Å²) >= 11 is 3.36. The zero-order chi connectivity index (χ0) is 13.1. The first-order valence-electron chi connectivity index (χ1n) is 6.12. The largest absolute Gasteiger partial charge is 0.307 e. The fourth-order valence-corrected chi connectivity index (χ4v) is 3.93. The van der Waals surface area contributed by atoms with Crippen LogP contribution in [0.15, 0.2) is 22.7 Å². The Morgan fingerprint density at radius 1 is 1.44 bits per heavy atom. The molecule has 0 amide bonds. The van der Waals surface area contributed by atoms with Gasteiger partial charge in [-0.2, -0.15) is 0 Å². The molecule has 0 bridgehead atoms. The zero-order valence-corrected chi connectivity index (χ0v) is 12.7. The van der Waals surface area contributed by atoms with Gasteiger partial charge in [0.05, 0.1) is 0 Å². The van der Waals surface area contributed by atoms with Gasteiger partial charge < -0.3 is 5.32 Å². The lowest BCUT2D eigenvalue weighted by Crippen LogP contribution is -2.37. The SMILES string of the molecule is CC(NC1CCS(=O)CC1)c1cc(Br)ccc1F. The highest BCUT2D eigenvalue weighted by molar-refractivity contribution is 9.10. The fourth-order valence-electron chi connectivity index (χ4n) is 2.25. The average molecular weight is 334 g/mol. The molecule has 0 aliphatic carbocycles. The molecule has 1 aromatic carbocycles. The number of nitrogens with one attached hydrogen (secondary N) is 1. The van der Waals surface area contributed by atoms with Crippen LogP contribution >= 0.6 is 15.9 Å². The van der Waals surface area contributed by atoms with Crippen molar-refractivity contribution in [2.24, 2.45) is 0 Å². The van der Waals surface area contributed by atoms with Gasteiger partial charge in [0.2, 0.25) is 0 Å². The lowest BCUT2D eigenvalue weighted by atomic mass is 10.0. The van der Waals surface area contributed by atoms with Crippen molar-refractivity contribution in [1.82, 2.24) is 5.32 Å². The standard InChI is InChI=1S/C13H17BrFNOS/c1-9(12-8-10(14)2-3-13(12)15)16-11-4-6-18(17)7-5-11/h2-3,8-9,11,16H,4-7H2,1H3. The van der Waals surface area contributed by atoms with E-state index in [9.17, 15) is 8.60 Å². The van der Waals surface area contributed by atoms with E-state index in [1.807, 2.05) is 13.0 Å². The van der Waals surface area contributed by atoms with Gasteiger partial charge in [-0.15, -0.1) is 0 Å². The van der Waals surface area contributed by atoms with Crippen LogP contribution in [0.1, 0.15) is 31.4 Å². The van der Waals surface area contributed by atoms with Crippen LogP contribution in [0.2, 0.25) is 0 Å². The highest BCUT2D eigenvalue weighted by Crippen LogP contribution is 2.23. The van der Waals surface area contributed by atoms with Crippen LogP contribution in [0.4, 0.5) is 4.39 Å². The first-order chi connectivity index (χ1) is 8.56. The van der Waals surface area contributed by atoms with E-state index in [0.717, 1.165) is 28.8 Å². The molecule has 1 unspecified atom stereocenters. The molecule has 2 nitrogen and oxygen atoms in total. The normalized spacial score (nSPS) is 25.9. The Morgan fingerprint density at radius 2 is 2.11 bits per heavy atom. The van der Waals surface area contributed by atoms with Gasteiger partial charge in [-0.25, -0.2) is 4.39 Å². The minimum Gasteiger partial charge on any atom is -0.307 e. The molecule has 1 aliphatic rings. The van der Waals surface area contributed by atoms with E-state index >= 15 is 0 Å². The molecule has 1 aromatic rings. The molecular weight excluding hydrogens is 317 g/mol. The number of halogens is 2. The van der Waals surface area contributed by atoms with Crippen LogP contribution in [0, 0.1) is 5.82 Å². The van der Waals surface area contributed by atoms with E-state index in [1.54, 1.807) is 6.07 Å². The second-order valence-electron chi connectivity index (χ2n) is 4.68. The van der Waals surface area contributed by atoms with Crippen LogP contribution < -0.4 is 5.32 Å².